The molecule has 2 heterocycles. The van der Waals surface area contributed by atoms with Crippen LogP contribution < -0.4 is 4.98 Å². The highest BCUT2D eigenvalue weighted by Gasteiger charge is 2.14. The fourth-order valence-corrected chi connectivity index (χ4v) is 3.08. The number of nitrogens with zero attached hydrogens (tertiary/aromatic N) is 1. The number of halogens is 1. The van der Waals surface area contributed by atoms with Crippen LogP contribution in [0.2, 0.25) is 0 Å². The number of rotatable bonds is 2. The van der Waals surface area contributed by atoms with E-state index in [-0.39, 0.29) is 10.7 Å². The Morgan fingerprint density at radius 2 is 1.62 bits per heavy atom. The topological polar surface area (TPSA) is 76.3 Å². The Morgan fingerprint density at radius 3 is 2.00 bits per heavy atom. The lowest BCUT2D eigenvalue weighted by molar-refractivity contribution is -0.377. The van der Waals surface area contributed by atoms with Gasteiger partial charge in [0.25, 0.3) is 0 Å². The Balaban J connectivity index is 0.000000292. The highest BCUT2D eigenvalue weighted by atomic mass is 32.2. The van der Waals surface area contributed by atoms with Gasteiger partial charge in [0.05, 0.1) is 4.90 Å². The number of aromatic nitrogens is 2. The van der Waals surface area contributed by atoms with E-state index in [1.165, 1.54) is 30.3 Å². The molecule has 3 rings (SSSR count). The summed E-state index contributed by atoms with van der Waals surface area (Å²) in [4.78, 5) is 2.65. The van der Waals surface area contributed by atoms with Crippen molar-refractivity contribution < 1.29 is 22.3 Å². The molecule has 0 radical (unpaired) electrons. The minimum atomic E-state index is -4.50. The predicted octanol–water partition coefficient (Wildman–Crippen LogP) is 2.64. The third kappa shape index (κ3) is 4.27. The summed E-state index contributed by atoms with van der Waals surface area (Å²) < 4.78 is 47.7. The summed E-state index contributed by atoms with van der Waals surface area (Å²) in [6.45, 7) is 3.23. The molecule has 0 aliphatic carbocycles. The molecule has 0 fully saturated rings. The van der Waals surface area contributed by atoms with Gasteiger partial charge in [-0.25, -0.2) is 17.8 Å². The Morgan fingerprint density at radius 1 is 1.04 bits per heavy atom. The molecule has 0 atom stereocenters. The number of hydrogen-bond acceptors (Lipinski definition) is 3. The summed E-state index contributed by atoms with van der Waals surface area (Å²) in [5, 5.41) is 0. The van der Waals surface area contributed by atoms with Gasteiger partial charge in [0.1, 0.15) is 15.9 Å². The standard InChI is InChI=1S/C12H12FNO3S.C5H5N/c1-8-7-12(18(15,16)17)9(2)14(8)11-5-3-10(13)4-6-11;1-2-4-6-5-3-1/h3-7H,1-2H3,(H,15,16,17);1-5H. The molecule has 0 spiro atoms. The molecule has 24 heavy (non-hydrogen) atoms. The van der Waals surface area contributed by atoms with E-state index in [1.807, 2.05) is 30.6 Å². The largest absolute Gasteiger partial charge is 0.744 e. The van der Waals surface area contributed by atoms with Crippen LogP contribution in [-0.2, 0) is 10.1 Å². The third-order valence-electron chi connectivity index (χ3n) is 3.35. The van der Waals surface area contributed by atoms with E-state index in [9.17, 15) is 17.4 Å². The van der Waals surface area contributed by atoms with Crippen LogP contribution in [0.5, 0.6) is 0 Å². The molecule has 1 aromatic carbocycles. The number of pyridine rings is 1. The molecule has 126 valence electrons. The van der Waals surface area contributed by atoms with Gasteiger partial charge in [-0.2, -0.15) is 0 Å². The second-order valence-corrected chi connectivity index (χ2v) is 6.43. The monoisotopic (exact) mass is 348 g/mol. The number of hydrogen-bond donors (Lipinski definition) is 0. The Labute approximate surface area is 140 Å². The van der Waals surface area contributed by atoms with Crippen molar-refractivity contribution in [3.63, 3.8) is 0 Å². The van der Waals surface area contributed by atoms with Crippen molar-refractivity contribution in [3.05, 3.63) is 78.1 Å². The number of H-pyrrole nitrogens is 1. The van der Waals surface area contributed by atoms with E-state index in [0.29, 0.717) is 17.1 Å². The van der Waals surface area contributed by atoms with Crippen LogP contribution >= 0.6 is 0 Å². The van der Waals surface area contributed by atoms with E-state index in [1.54, 1.807) is 18.4 Å². The molecule has 7 heteroatoms. The van der Waals surface area contributed by atoms with Crippen molar-refractivity contribution in [2.75, 3.05) is 0 Å². The lowest BCUT2D eigenvalue weighted by atomic mass is 10.3. The minimum Gasteiger partial charge on any atom is -0.744 e. The van der Waals surface area contributed by atoms with E-state index < -0.39 is 10.1 Å². The molecule has 2 aromatic heterocycles. The number of nitrogens with one attached hydrogen (secondary N) is 1. The van der Waals surface area contributed by atoms with Gasteiger partial charge < -0.3 is 9.12 Å². The number of aromatic amines is 1. The molecule has 0 saturated carbocycles. The summed E-state index contributed by atoms with van der Waals surface area (Å²) in [5.41, 5.74) is 1.55. The molecule has 5 nitrogen and oxygen atoms in total. The summed E-state index contributed by atoms with van der Waals surface area (Å²) in [5.74, 6) is -0.377. The van der Waals surface area contributed by atoms with Crippen molar-refractivity contribution in [2.45, 2.75) is 18.7 Å². The van der Waals surface area contributed by atoms with E-state index >= 15 is 0 Å². The first-order chi connectivity index (χ1) is 11.3. The van der Waals surface area contributed by atoms with Crippen molar-refractivity contribution in [2.24, 2.45) is 0 Å². The maximum absolute atomic E-state index is 12.8. The maximum atomic E-state index is 12.8. The van der Waals surface area contributed by atoms with Gasteiger partial charge in [0.15, 0.2) is 12.4 Å². The van der Waals surface area contributed by atoms with Crippen LogP contribution in [0.15, 0.2) is 65.8 Å². The van der Waals surface area contributed by atoms with E-state index in [4.69, 9.17) is 0 Å². The zero-order valence-corrected chi connectivity index (χ0v) is 14.0. The van der Waals surface area contributed by atoms with Gasteiger partial charge in [-0.1, -0.05) is 6.07 Å². The Bertz CT molecular complexity index is 878. The van der Waals surface area contributed by atoms with Gasteiger partial charge in [-0.15, -0.1) is 0 Å². The van der Waals surface area contributed by atoms with Gasteiger partial charge in [-0.05, 0) is 44.2 Å². The van der Waals surface area contributed by atoms with Crippen molar-refractivity contribution >= 4 is 10.1 Å². The highest BCUT2D eigenvalue weighted by molar-refractivity contribution is 7.85. The second kappa shape index (κ2) is 7.37. The highest BCUT2D eigenvalue weighted by Crippen LogP contribution is 2.24. The molecule has 0 unspecified atom stereocenters. The molecule has 0 saturated heterocycles. The summed E-state index contributed by atoms with van der Waals surface area (Å²) in [7, 11) is -4.50. The van der Waals surface area contributed by atoms with Crippen LogP contribution in [0, 0.1) is 19.7 Å². The van der Waals surface area contributed by atoms with Crippen molar-refractivity contribution in [1.29, 1.82) is 0 Å². The van der Waals surface area contributed by atoms with Gasteiger partial charge in [0.2, 0.25) is 0 Å². The zero-order valence-electron chi connectivity index (χ0n) is 13.2. The molecule has 0 amide bonds. The maximum Gasteiger partial charge on any atom is 0.166 e. The Hall–Kier alpha value is -2.51. The Kier molecular flexibility index (Phi) is 5.48. The van der Waals surface area contributed by atoms with E-state index in [2.05, 4.69) is 4.98 Å². The summed E-state index contributed by atoms with van der Waals surface area (Å²) >= 11 is 0. The van der Waals surface area contributed by atoms with Crippen molar-refractivity contribution in [3.8, 4) is 5.69 Å². The summed E-state index contributed by atoms with van der Waals surface area (Å²) in [6.07, 6.45) is 3.75. The van der Waals surface area contributed by atoms with Crippen LogP contribution in [-0.4, -0.2) is 17.5 Å². The predicted molar refractivity (Wildman–Crippen MR) is 86.2 cm³/mol. The summed E-state index contributed by atoms with van der Waals surface area (Å²) in [6, 6.07) is 12.8. The molecule has 0 aliphatic heterocycles. The molecule has 0 aliphatic rings. The first kappa shape index (κ1) is 17.8. The first-order valence-electron chi connectivity index (χ1n) is 7.12. The van der Waals surface area contributed by atoms with Crippen LogP contribution in [0.4, 0.5) is 4.39 Å². The number of aryl methyl sites for hydroxylation is 1. The fraction of sp³-hybridized carbons (Fsp3) is 0.118. The fourth-order valence-electron chi connectivity index (χ4n) is 2.32. The molecule has 1 N–H and O–H groups in total. The van der Waals surface area contributed by atoms with Crippen LogP contribution in [0.1, 0.15) is 11.4 Å². The quantitative estimate of drug-likeness (QED) is 0.668. The SMILES string of the molecule is Cc1cc(S(=O)(=O)[O-])c(C)n1-c1ccc(F)cc1.c1cc[nH+]cc1. The lowest BCUT2D eigenvalue weighted by Crippen LogP contribution is -2.03. The van der Waals surface area contributed by atoms with Gasteiger partial charge >= 0.3 is 0 Å². The first-order valence-corrected chi connectivity index (χ1v) is 8.53. The van der Waals surface area contributed by atoms with Crippen LogP contribution in [0.3, 0.4) is 0 Å². The van der Waals surface area contributed by atoms with E-state index in [0.717, 1.165) is 0 Å². The van der Waals surface area contributed by atoms with Crippen LogP contribution in [0.25, 0.3) is 5.69 Å². The van der Waals surface area contributed by atoms with Gasteiger partial charge in [-0.3, -0.25) is 0 Å². The normalized spacial score (nSPS) is 10.8. The molecule has 3 aromatic rings. The average Bonchev–Trinajstić information content (AvgIpc) is 2.86. The second-order valence-electron chi connectivity index (χ2n) is 5.08. The van der Waals surface area contributed by atoms with Crippen molar-refractivity contribution in [1.82, 2.24) is 4.57 Å². The number of benzene rings is 1. The molecule has 0 bridgehead atoms. The third-order valence-corrected chi connectivity index (χ3v) is 4.30. The molecular weight excluding hydrogens is 331 g/mol. The molecular formula is C17H17FN2O3S. The average molecular weight is 348 g/mol. The lowest BCUT2D eigenvalue weighted by Gasteiger charge is -2.11. The zero-order chi connectivity index (χ0) is 17.7. The smallest absolute Gasteiger partial charge is 0.166 e. The minimum absolute atomic E-state index is 0.246. The van der Waals surface area contributed by atoms with Gasteiger partial charge in [0, 0.05) is 29.2 Å².